The van der Waals surface area contributed by atoms with E-state index in [2.05, 4.69) is 35.0 Å². The highest BCUT2D eigenvalue weighted by atomic mass is 16.2. The van der Waals surface area contributed by atoms with E-state index < -0.39 is 17.8 Å². The summed E-state index contributed by atoms with van der Waals surface area (Å²) in [5.41, 5.74) is 6.32. The Hall–Kier alpha value is -4.45. The van der Waals surface area contributed by atoms with E-state index in [0.29, 0.717) is 12.2 Å². The van der Waals surface area contributed by atoms with Gasteiger partial charge in [0, 0.05) is 28.7 Å². The third kappa shape index (κ3) is 4.04. The number of aryl methyl sites for hydroxylation is 2. The van der Waals surface area contributed by atoms with Gasteiger partial charge in [-0.1, -0.05) is 60.2 Å². The molecule has 1 saturated heterocycles. The monoisotopic (exact) mass is 463 g/mol. The number of benzene rings is 3. The lowest BCUT2D eigenvalue weighted by Gasteiger charge is -2.26. The molecule has 1 fully saturated rings. The molecule has 1 aliphatic heterocycles. The Morgan fingerprint density at radius 2 is 1.54 bits per heavy atom. The largest absolute Gasteiger partial charge is 0.340 e. The molecule has 1 aliphatic rings. The maximum absolute atomic E-state index is 13.4. The van der Waals surface area contributed by atoms with Crippen LogP contribution in [0.3, 0.4) is 0 Å². The lowest BCUT2D eigenvalue weighted by Crippen LogP contribution is -2.54. The summed E-state index contributed by atoms with van der Waals surface area (Å²) in [6.07, 6.45) is 1.61. The Bertz CT molecular complexity index is 1540. The van der Waals surface area contributed by atoms with Crippen LogP contribution in [-0.2, 0) is 16.1 Å². The molecule has 0 unspecified atom stereocenters. The second-order valence-corrected chi connectivity index (χ2v) is 8.89. The molecule has 1 N–H and O–H groups in total. The summed E-state index contributed by atoms with van der Waals surface area (Å²) in [6, 6.07) is 22.6. The predicted molar refractivity (Wildman–Crippen MR) is 137 cm³/mol. The normalized spacial score (nSPS) is 15.2. The number of fused-ring (bicyclic) bond motifs is 1. The Balaban J connectivity index is 1.62. The Morgan fingerprint density at radius 3 is 2.29 bits per heavy atom. The third-order valence-corrected chi connectivity index (χ3v) is 6.35. The number of urea groups is 1. The summed E-state index contributed by atoms with van der Waals surface area (Å²) in [7, 11) is 0. The first-order valence-corrected chi connectivity index (χ1v) is 11.4. The molecule has 0 atom stereocenters. The molecule has 4 amide bonds. The van der Waals surface area contributed by atoms with Crippen LogP contribution in [0.2, 0.25) is 0 Å². The van der Waals surface area contributed by atoms with Crippen LogP contribution in [0.1, 0.15) is 27.9 Å². The van der Waals surface area contributed by atoms with Gasteiger partial charge < -0.3 is 4.57 Å². The molecule has 5 rings (SSSR count). The van der Waals surface area contributed by atoms with Crippen LogP contribution in [0.5, 0.6) is 0 Å². The van der Waals surface area contributed by atoms with E-state index in [1.807, 2.05) is 50.2 Å². The summed E-state index contributed by atoms with van der Waals surface area (Å²) in [5, 5.41) is 3.26. The molecule has 0 bridgehead atoms. The first kappa shape index (κ1) is 22.3. The highest BCUT2D eigenvalue weighted by Gasteiger charge is 2.37. The standard InChI is InChI=1S/C29H25N3O3/c1-18-8-6-10-21(14-18)17-31-20(3)24(23-12-4-5-13-26(23)31)16-25-27(33)30-29(35)32(28(25)34)22-11-7-9-19(2)15-22/h4-16H,17H2,1-3H3,(H,30,33,35)/b25-16-. The molecule has 3 aromatic carbocycles. The molecule has 6 heteroatoms. The molecule has 35 heavy (non-hydrogen) atoms. The minimum absolute atomic E-state index is 0.0762. The Morgan fingerprint density at radius 1 is 0.829 bits per heavy atom. The number of carbonyl (C=O) groups excluding carboxylic acids is 3. The molecule has 6 nitrogen and oxygen atoms in total. The number of hydrogen-bond donors (Lipinski definition) is 1. The fourth-order valence-electron chi connectivity index (χ4n) is 4.64. The van der Waals surface area contributed by atoms with E-state index in [4.69, 9.17) is 0 Å². The second-order valence-electron chi connectivity index (χ2n) is 8.89. The van der Waals surface area contributed by atoms with Crippen molar-refractivity contribution >= 4 is 40.5 Å². The lowest BCUT2D eigenvalue weighted by molar-refractivity contribution is -0.122. The number of rotatable bonds is 4. The van der Waals surface area contributed by atoms with Crippen molar-refractivity contribution in [1.82, 2.24) is 9.88 Å². The zero-order valence-corrected chi connectivity index (χ0v) is 19.8. The first-order valence-electron chi connectivity index (χ1n) is 11.4. The average molecular weight is 464 g/mol. The van der Waals surface area contributed by atoms with Crippen molar-refractivity contribution in [3.8, 4) is 0 Å². The summed E-state index contributed by atoms with van der Waals surface area (Å²) in [5.74, 6) is -1.34. The van der Waals surface area contributed by atoms with Crippen LogP contribution in [0, 0.1) is 20.8 Å². The number of nitrogens with zero attached hydrogens (tertiary/aromatic N) is 2. The number of amides is 4. The van der Waals surface area contributed by atoms with Gasteiger partial charge in [0.25, 0.3) is 11.8 Å². The number of anilines is 1. The number of hydrogen-bond acceptors (Lipinski definition) is 3. The maximum Gasteiger partial charge on any atom is 0.335 e. The van der Waals surface area contributed by atoms with E-state index in [1.165, 1.54) is 5.56 Å². The van der Waals surface area contributed by atoms with Gasteiger partial charge in [-0.05, 0) is 56.2 Å². The van der Waals surface area contributed by atoms with Gasteiger partial charge >= 0.3 is 6.03 Å². The molecular formula is C29H25N3O3. The van der Waals surface area contributed by atoms with Crippen molar-refractivity contribution < 1.29 is 14.4 Å². The van der Waals surface area contributed by atoms with E-state index in [0.717, 1.165) is 38.2 Å². The van der Waals surface area contributed by atoms with Gasteiger partial charge in [0.2, 0.25) is 0 Å². The minimum atomic E-state index is -0.749. The molecule has 0 saturated carbocycles. The molecule has 2 heterocycles. The highest BCUT2D eigenvalue weighted by molar-refractivity contribution is 6.39. The summed E-state index contributed by atoms with van der Waals surface area (Å²) in [6.45, 7) is 6.58. The molecule has 4 aromatic rings. The number of para-hydroxylation sites is 1. The van der Waals surface area contributed by atoms with Gasteiger partial charge in [0.15, 0.2) is 0 Å². The van der Waals surface area contributed by atoms with Crippen molar-refractivity contribution in [2.24, 2.45) is 0 Å². The fourth-order valence-corrected chi connectivity index (χ4v) is 4.64. The lowest BCUT2D eigenvalue weighted by atomic mass is 10.0. The fraction of sp³-hybridized carbons (Fsp3) is 0.138. The van der Waals surface area contributed by atoms with Crippen molar-refractivity contribution in [2.75, 3.05) is 4.90 Å². The number of carbonyl (C=O) groups is 3. The van der Waals surface area contributed by atoms with E-state index >= 15 is 0 Å². The maximum atomic E-state index is 13.4. The molecule has 1 aromatic heterocycles. The molecule has 174 valence electrons. The summed E-state index contributed by atoms with van der Waals surface area (Å²) >= 11 is 0. The van der Waals surface area contributed by atoms with Crippen LogP contribution >= 0.6 is 0 Å². The SMILES string of the molecule is Cc1cccc(Cn2c(C)c(/C=C3/C(=O)NC(=O)N(c4cccc(C)c4)C3=O)c3ccccc32)c1. The van der Waals surface area contributed by atoms with E-state index in [1.54, 1.807) is 24.3 Å². The van der Waals surface area contributed by atoms with Crippen LogP contribution < -0.4 is 10.2 Å². The van der Waals surface area contributed by atoms with E-state index in [-0.39, 0.29) is 5.57 Å². The Kier molecular flexibility index (Phi) is 5.57. The number of nitrogens with one attached hydrogen (secondary N) is 1. The van der Waals surface area contributed by atoms with Crippen LogP contribution in [0.4, 0.5) is 10.5 Å². The van der Waals surface area contributed by atoms with Crippen LogP contribution in [-0.4, -0.2) is 22.4 Å². The molecular weight excluding hydrogens is 438 g/mol. The van der Waals surface area contributed by atoms with E-state index in [9.17, 15) is 14.4 Å². The van der Waals surface area contributed by atoms with Gasteiger partial charge in [-0.3, -0.25) is 14.9 Å². The van der Waals surface area contributed by atoms with Crippen molar-refractivity contribution in [2.45, 2.75) is 27.3 Å². The smallest absolute Gasteiger partial charge is 0.335 e. The highest BCUT2D eigenvalue weighted by Crippen LogP contribution is 2.30. The minimum Gasteiger partial charge on any atom is -0.340 e. The van der Waals surface area contributed by atoms with Gasteiger partial charge in [-0.15, -0.1) is 0 Å². The molecule has 0 aliphatic carbocycles. The van der Waals surface area contributed by atoms with Crippen molar-refractivity contribution in [3.63, 3.8) is 0 Å². The summed E-state index contributed by atoms with van der Waals surface area (Å²) in [4.78, 5) is 39.8. The number of imide groups is 2. The third-order valence-electron chi connectivity index (χ3n) is 6.35. The van der Waals surface area contributed by atoms with Gasteiger partial charge in [-0.25, -0.2) is 9.69 Å². The second kappa shape index (κ2) is 8.72. The number of barbiturate groups is 1. The quantitative estimate of drug-likeness (QED) is 0.331. The first-order chi connectivity index (χ1) is 16.8. The predicted octanol–water partition coefficient (Wildman–Crippen LogP) is 5.28. The molecule has 0 radical (unpaired) electrons. The van der Waals surface area contributed by atoms with Crippen LogP contribution in [0.25, 0.3) is 17.0 Å². The van der Waals surface area contributed by atoms with Crippen molar-refractivity contribution in [1.29, 1.82) is 0 Å². The zero-order chi connectivity index (χ0) is 24.7. The van der Waals surface area contributed by atoms with Gasteiger partial charge in [-0.2, -0.15) is 0 Å². The summed E-state index contributed by atoms with van der Waals surface area (Å²) < 4.78 is 2.19. The average Bonchev–Trinajstić information content (AvgIpc) is 3.07. The molecule has 0 spiro atoms. The number of aromatic nitrogens is 1. The zero-order valence-electron chi connectivity index (χ0n) is 19.8. The van der Waals surface area contributed by atoms with Crippen molar-refractivity contribution in [3.05, 3.63) is 106 Å². The Labute approximate surface area is 203 Å². The van der Waals surface area contributed by atoms with Gasteiger partial charge in [0.05, 0.1) is 5.69 Å². The van der Waals surface area contributed by atoms with Crippen LogP contribution in [0.15, 0.2) is 78.4 Å². The topological polar surface area (TPSA) is 71.4 Å². The van der Waals surface area contributed by atoms with Gasteiger partial charge in [0.1, 0.15) is 5.57 Å².